The van der Waals surface area contributed by atoms with Gasteiger partial charge in [-0.2, -0.15) is 10.2 Å². The molecule has 8 aliphatic rings. The number of anilines is 6. The molecule has 0 saturated carbocycles. The van der Waals surface area contributed by atoms with E-state index in [4.69, 9.17) is 30.4 Å². The van der Waals surface area contributed by atoms with E-state index in [-0.39, 0.29) is 73.5 Å². The highest BCUT2D eigenvalue weighted by Gasteiger charge is 2.47. The number of benzene rings is 4. The number of carbonyl (C=O) groups excluding carboxylic acids is 4. The van der Waals surface area contributed by atoms with Gasteiger partial charge in [-0.05, 0) is 163 Å². The topological polar surface area (TPSA) is 390 Å². The lowest BCUT2D eigenvalue weighted by Gasteiger charge is -2.43. The average molecular weight is 2130 g/mol. The van der Waals surface area contributed by atoms with Crippen molar-refractivity contribution in [2.45, 2.75) is 200 Å². The number of β-amino-alcohol motifs (C(OH)–C–C–N with tert-alkyl or cyclic N) is 2. The number of alkyl halides is 1. The number of nitrogens with two attached hydrogens (primary N) is 2. The number of ether oxygens (including phenoxy) is 4. The number of aliphatic hydroxyl groups is 2. The van der Waals surface area contributed by atoms with Crippen LogP contribution in [-0.2, 0) is 19.2 Å². The molecule has 12 aromatic rings. The number of piperazine rings is 3. The van der Waals surface area contributed by atoms with Crippen molar-refractivity contribution in [2.24, 2.45) is 11.8 Å². The minimum atomic E-state index is -0.806. The van der Waals surface area contributed by atoms with Gasteiger partial charge in [-0.3, -0.25) is 43.2 Å². The number of piperidine rings is 1. The maximum Gasteiger partial charge on any atom is 0.248 e. The Kier molecular flexibility index (Phi) is 34.8. The van der Waals surface area contributed by atoms with Crippen LogP contribution >= 0.6 is 38.6 Å². The summed E-state index contributed by atoms with van der Waals surface area (Å²) in [5.74, 6) is 2.17. The molecule has 0 aliphatic carbocycles. The van der Waals surface area contributed by atoms with Crippen LogP contribution in [0.25, 0.3) is 43.4 Å². The molecule has 8 fully saturated rings. The van der Waals surface area contributed by atoms with Gasteiger partial charge in [-0.1, -0.05) is 147 Å². The fourth-order valence-electron chi connectivity index (χ4n) is 22.3. The highest BCUT2D eigenvalue weighted by molar-refractivity contribution is 9.09. The standard InChI is InChI=1S/C55H69N13O5S.C29H37N7O.C27H34BrN5O4S/c1-35(2)51(55(71)66-32-44(69)27-49(66)54(70)60-37(4)39-10-12-40(13-11-39)52-38(5)58-34-74-52)67-33-45(29-59-67)72-24-22-63-18-20-64(21-19-63)23-25-73-50-26-41(16-17-57-50)68-42-14-15-43(68)31-65(30-42)48-28-47(61-62-53(48)56)46-9-7-6-8-36(46)3;1-21-7-3-4-8-25(21)26-18-27(29(30)33-32-26)35-19-23-9-10-24(20-35)36(23)22-11-12-31-28(17-22)37-16-15-34-13-5-2-6-14-34;1-16(2)24(33-14-22(12-30-33)37-10-9-28)27(36)32-13-21(34)11-23(32)26(35)31-17(3)19-5-7-20(8-6-19)25-18(4)29-15-38-25/h6-13,16-17,26,28-29,33-35,37,42-44,49,51,69H,14-15,18-25,27,30-32H2,1-5H3,(H2,56,62)(H,60,70);3-4,7-8,11-12,17-18,23-24H,2,5-6,9-10,13-16,19-20H2,1H3,(H2,30,33);5-8,12,14-17,21,23-24,34H,9-11,13H2,1-4H3,(H,31,35)/t37-,42?,43?,44+,49-,51?;;17-,21+,23-,24?/m0.0/s1. The number of aromatic nitrogens is 12. The number of nitrogens with zero attached hydrogens (tertiary/aromatic N) is 21. The molecule has 149 heavy (non-hydrogen) atoms. The third-order valence-corrected chi connectivity index (χ3v) is 32.4. The normalized spacial score (nSPS) is 20.7. The monoisotopic (exact) mass is 2130 g/mol. The molecular formula is C111H140BrN25O10S2. The summed E-state index contributed by atoms with van der Waals surface area (Å²) in [7, 11) is 0. The van der Waals surface area contributed by atoms with Gasteiger partial charge in [-0.15, -0.1) is 43.1 Å². The number of rotatable bonds is 35. The second kappa shape index (κ2) is 48.9. The van der Waals surface area contributed by atoms with Crippen LogP contribution in [0.15, 0.2) is 182 Å². The minimum absolute atomic E-state index is 0.0773. The van der Waals surface area contributed by atoms with Gasteiger partial charge < -0.3 is 80.7 Å². The van der Waals surface area contributed by atoms with E-state index in [0.717, 1.165) is 192 Å². The molecule has 0 spiro atoms. The Morgan fingerprint density at radius 3 is 1.23 bits per heavy atom. The second-order valence-corrected chi connectivity index (χ2v) is 43.6. The molecular weight excluding hydrogens is 1990 g/mol. The van der Waals surface area contributed by atoms with Crippen LogP contribution in [-0.4, -0.2) is 297 Å². The number of thiazole rings is 2. The number of hydrogen-bond acceptors (Lipinski definition) is 31. The zero-order valence-corrected chi connectivity index (χ0v) is 90.0. The lowest BCUT2D eigenvalue weighted by atomic mass is 10.0. The number of aliphatic hydroxyl groups excluding tert-OH is 2. The zero-order valence-electron chi connectivity index (χ0n) is 86.8. The van der Waals surface area contributed by atoms with Crippen molar-refractivity contribution in [3.05, 3.63) is 215 Å². The summed E-state index contributed by atoms with van der Waals surface area (Å²) in [4.78, 5) is 95.4. The Balaban J connectivity index is 0.000000162. The van der Waals surface area contributed by atoms with Gasteiger partial charge in [0.25, 0.3) is 0 Å². The summed E-state index contributed by atoms with van der Waals surface area (Å²) in [6.07, 6.45) is 17.7. The third-order valence-electron chi connectivity index (χ3n) is 30.2. The van der Waals surface area contributed by atoms with Crippen LogP contribution in [0.5, 0.6) is 23.3 Å². The van der Waals surface area contributed by atoms with Crippen LogP contribution in [0.1, 0.15) is 157 Å². The van der Waals surface area contributed by atoms with Gasteiger partial charge in [-0.25, -0.2) is 19.9 Å². The first-order valence-corrected chi connectivity index (χ1v) is 55.4. The van der Waals surface area contributed by atoms with Crippen LogP contribution in [0.4, 0.5) is 34.4 Å². The maximum absolute atomic E-state index is 14.3. The van der Waals surface area contributed by atoms with Gasteiger partial charge in [0, 0.05) is 174 Å². The molecule has 4 amide bonds. The summed E-state index contributed by atoms with van der Waals surface area (Å²) in [5.41, 5.74) is 33.0. The predicted octanol–water partition coefficient (Wildman–Crippen LogP) is 14.3. The van der Waals surface area contributed by atoms with E-state index in [9.17, 15) is 29.4 Å². The van der Waals surface area contributed by atoms with Gasteiger partial charge in [0.2, 0.25) is 35.4 Å². The average Bonchev–Trinajstić information content (AvgIpc) is 1.63. The lowest BCUT2D eigenvalue weighted by molar-refractivity contribution is -0.142. The molecule has 0 radical (unpaired) electrons. The van der Waals surface area contributed by atoms with Crippen LogP contribution < -0.4 is 60.6 Å². The van der Waals surface area contributed by atoms with E-state index in [2.05, 4.69) is 186 Å². The molecule has 4 aromatic carbocycles. The summed E-state index contributed by atoms with van der Waals surface area (Å²) in [5, 5.41) is 54.5. The molecule has 8 aromatic heterocycles. The molecule has 788 valence electrons. The van der Waals surface area contributed by atoms with Crippen LogP contribution in [0.2, 0.25) is 0 Å². The first kappa shape index (κ1) is 106. The molecule has 6 unspecified atom stereocenters. The second-order valence-electron chi connectivity index (χ2n) is 41.1. The zero-order chi connectivity index (χ0) is 104. The van der Waals surface area contributed by atoms with E-state index in [1.165, 1.54) is 53.4 Å². The number of nitrogen functional groups attached to an aromatic ring is 2. The maximum atomic E-state index is 14.3. The summed E-state index contributed by atoms with van der Waals surface area (Å²) in [6.45, 7) is 34.3. The number of fused-ring (bicyclic) bond motifs is 4. The van der Waals surface area contributed by atoms with Gasteiger partial charge in [0.15, 0.2) is 23.1 Å². The van der Waals surface area contributed by atoms with Gasteiger partial charge in [0.05, 0.1) is 111 Å². The molecule has 35 nitrogen and oxygen atoms in total. The Bertz CT molecular complexity index is 6490. The predicted molar refractivity (Wildman–Crippen MR) is 586 cm³/mol. The molecule has 16 heterocycles. The van der Waals surface area contributed by atoms with E-state index >= 15 is 0 Å². The van der Waals surface area contributed by atoms with Gasteiger partial charge in [0.1, 0.15) is 44.0 Å². The Labute approximate surface area is 888 Å². The fourth-order valence-corrected chi connectivity index (χ4v) is 24.0. The highest BCUT2D eigenvalue weighted by Crippen LogP contribution is 2.44. The number of pyridine rings is 2. The summed E-state index contributed by atoms with van der Waals surface area (Å²) in [6, 6.07) is 43.3. The van der Waals surface area contributed by atoms with Crippen molar-refractivity contribution < 1.29 is 48.3 Å². The minimum Gasteiger partial charge on any atom is -0.489 e. The summed E-state index contributed by atoms with van der Waals surface area (Å²) >= 11 is 6.52. The molecule has 12 atom stereocenters. The lowest BCUT2D eigenvalue weighted by Crippen LogP contribution is -2.54. The van der Waals surface area contributed by atoms with Crippen LogP contribution in [0, 0.1) is 39.5 Å². The molecule has 8 aliphatic heterocycles. The largest absolute Gasteiger partial charge is 0.489 e. The van der Waals surface area contributed by atoms with Crippen LogP contribution in [0.3, 0.4) is 0 Å². The number of nitrogens with one attached hydrogen (secondary N) is 2. The summed E-state index contributed by atoms with van der Waals surface area (Å²) < 4.78 is 27.3. The van der Waals surface area contributed by atoms with Crippen molar-refractivity contribution in [2.75, 3.05) is 161 Å². The Morgan fingerprint density at radius 1 is 0.463 bits per heavy atom. The van der Waals surface area contributed by atoms with Crippen molar-refractivity contribution in [1.29, 1.82) is 0 Å². The van der Waals surface area contributed by atoms with Gasteiger partial charge >= 0.3 is 0 Å². The SMILES string of the molecule is Cc1ccccc1-c1cc(N2CC3CCC(C2)N3c2ccnc(OCCN3CCCCC3)c2)c(N)nn1.Cc1ccccc1-c1cc(N2CC3CCC(C2)N3c2ccnc(OCCN3CCN(CCOc4cnn(C(C(=O)N5C[C@H](O)C[C@H]5C(=O)N[C@@H](C)c5ccc(-c6scnc6C)cc5)C(C)C)c4)CC3)c2)c(N)nn1.Cc1ncsc1-c1ccc([C@H](C)NC(=O)[C@@H]2C[C@@H](O)CN2C(=O)C(C(C)C)n2cc(OCCBr)cn2)cc1. The van der Waals surface area contributed by atoms with Crippen molar-refractivity contribution in [3.63, 3.8) is 0 Å². The molecule has 4 bridgehead atoms. The first-order valence-electron chi connectivity index (χ1n) is 52.5. The number of hydrogen-bond donors (Lipinski definition) is 6. The van der Waals surface area contributed by atoms with E-state index in [1.54, 1.807) is 56.8 Å². The first-order chi connectivity index (χ1) is 72.2. The smallest absolute Gasteiger partial charge is 0.248 e. The highest BCUT2D eigenvalue weighted by atomic mass is 79.9. The van der Waals surface area contributed by atoms with E-state index in [1.807, 2.05) is 152 Å². The number of halogens is 1. The quantitative estimate of drug-likeness (QED) is 0.0201. The number of carbonyl (C=O) groups is 4. The van der Waals surface area contributed by atoms with Crippen molar-refractivity contribution in [1.82, 2.24) is 95.0 Å². The fraction of sp³-hybridized carbons (Fsp3) is 0.477. The van der Waals surface area contributed by atoms with E-state index in [0.29, 0.717) is 84.9 Å². The Hall–Kier alpha value is -12.8. The van der Waals surface area contributed by atoms with Crippen molar-refractivity contribution in [3.8, 4) is 66.7 Å². The molecule has 8 N–H and O–H groups in total. The number of likely N-dealkylation sites (tertiary alicyclic amines) is 3. The molecule has 8 saturated heterocycles. The molecule has 20 rings (SSSR count). The number of amides is 4. The third kappa shape index (κ3) is 25.4. The van der Waals surface area contributed by atoms with E-state index < -0.39 is 36.4 Å². The Morgan fingerprint density at radius 2 is 0.852 bits per heavy atom. The molecule has 38 heteroatoms. The van der Waals surface area contributed by atoms with Crippen molar-refractivity contribution >= 4 is 96.6 Å². The number of aryl methyl sites for hydroxylation is 4.